The van der Waals surface area contributed by atoms with E-state index in [4.69, 9.17) is 14.2 Å². The number of nitrogens with zero attached hydrogens (tertiary/aromatic N) is 1. The van der Waals surface area contributed by atoms with Crippen LogP contribution >= 0.6 is 0 Å². The number of likely N-dealkylation sites (N-methyl/N-ethyl adjacent to an activating group) is 1. The van der Waals surface area contributed by atoms with E-state index in [9.17, 15) is 8.42 Å². The molecule has 2 rings (SSSR count). The van der Waals surface area contributed by atoms with Crippen molar-refractivity contribution in [3.05, 3.63) is 17.7 Å². The number of hydrogen-bond acceptors (Lipinski definition) is 6. The van der Waals surface area contributed by atoms with Gasteiger partial charge in [-0.3, -0.25) is 0 Å². The van der Waals surface area contributed by atoms with Crippen LogP contribution in [0.1, 0.15) is 37.3 Å². The lowest BCUT2D eigenvalue weighted by Crippen LogP contribution is -2.38. The summed E-state index contributed by atoms with van der Waals surface area (Å²) in [7, 11) is 5.21. The molecule has 7 nitrogen and oxygen atoms in total. The third-order valence-corrected chi connectivity index (χ3v) is 6.83. The third-order valence-electron chi connectivity index (χ3n) is 4.91. The van der Waals surface area contributed by atoms with Gasteiger partial charge in [0, 0.05) is 12.6 Å². The SMILES string of the molecule is COc1cc(C(CNS(=O)(=O)C2CCCC2)N(C)C)cc(OC)c1OC. The minimum absolute atomic E-state index is 0.167. The van der Waals surface area contributed by atoms with Gasteiger partial charge < -0.3 is 19.1 Å². The minimum Gasteiger partial charge on any atom is -0.493 e. The monoisotopic (exact) mass is 386 g/mol. The summed E-state index contributed by atoms with van der Waals surface area (Å²) in [5.41, 5.74) is 0.888. The molecule has 1 saturated carbocycles. The number of rotatable bonds is 9. The molecule has 1 atom stereocenters. The Labute approximate surface area is 156 Å². The van der Waals surface area contributed by atoms with Gasteiger partial charge in [0.2, 0.25) is 15.8 Å². The maximum Gasteiger partial charge on any atom is 0.214 e. The number of sulfonamides is 1. The van der Waals surface area contributed by atoms with E-state index >= 15 is 0 Å². The molecule has 0 spiro atoms. The van der Waals surface area contributed by atoms with Crippen molar-refractivity contribution in [3.8, 4) is 17.2 Å². The van der Waals surface area contributed by atoms with Crippen molar-refractivity contribution in [2.75, 3.05) is 42.0 Å². The topological polar surface area (TPSA) is 77.1 Å². The number of hydrogen-bond donors (Lipinski definition) is 1. The van der Waals surface area contributed by atoms with E-state index in [1.165, 1.54) is 0 Å². The fourth-order valence-corrected chi connectivity index (χ4v) is 4.98. The second-order valence-corrected chi connectivity index (χ2v) is 8.78. The Morgan fingerprint density at radius 1 is 1.08 bits per heavy atom. The second kappa shape index (κ2) is 8.92. The van der Waals surface area contributed by atoms with Crippen LogP contribution in [0, 0.1) is 0 Å². The number of nitrogens with one attached hydrogen (secondary N) is 1. The van der Waals surface area contributed by atoms with Gasteiger partial charge in [-0.2, -0.15) is 0 Å². The molecule has 0 bridgehead atoms. The molecular formula is C18H30N2O5S. The summed E-state index contributed by atoms with van der Waals surface area (Å²) in [4.78, 5) is 1.97. The minimum atomic E-state index is -3.30. The van der Waals surface area contributed by atoms with Crippen molar-refractivity contribution in [3.63, 3.8) is 0 Å². The van der Waals surface area contributed by atoms with Crippen molar-refractivity contribution in [2.24, 2.45) is 0 Å². The van der Waals surface area contributed by atoms with Crippen LogP contribution in [0.3, 0.4) is 0 Å². The summed E-state index contributed by atoms with van der Waals surface area (Å²) in [6.45, 7) is 0.282. The van der Waals surface area contributed by atoms with Gasteiger partial charge in [-0.05, 0) is 44.6 Å². The molecule has 148 valence electrons. The van der Waals surface area contributed by atoms with Crippen molar-refractivity contribution < 1.29 is 22.6 Å². The molecule has 1 aliphatic rings. The number of benzene rings is 1. The Balaban J connectivity index is 2.26. The van der Waals surface area contributed by atoms with Crippen LogP contribution in [0.5, 0.6) is 17.2 Å². The smallest absolute Gasteiger partial charge is 0.214 e. The molecule has 1 aromatic carbocycles. The van der Waals surface area contributed by atoms with Crippen molar-refractivity contribution >= 4 is 10.0 Å². The first kappa shape index (κ1) is 20.8. The fraction of sp³-hybridized carbons (Fsp3) is 0.667. The van der Waals surface area contributed by atoms with Crippen molar-refractivity contribution in [2.45, 2.75) is 37.0 Å². The molecule has 8 heteroatoms. The summed E-state index contributed by atoms with van der Waals surface area (Å²) in [6.07, 6.45) is 3.45. The van der Waals surface area contributed by atoms with E-state index in [2.05, 4.69) is 4.72 Å². The van der Waals surface area contributed by atoms with Gasteiger partial charge in [-0.25, -0.2) is 13.1 Å². The Bertz CT molecular complexity index is 675. The average Bonchev–Trinajstić information content (AvgIpc) is 3.16. The lowest BCUT2D eigenvalue weighted by atomic mass is 10.0. The Hall–Kier alpha value is -1.51. The lowest BCUT2D eigenvalue weighted by molar-refractivity contribution is 0.292. The molecule has 0 radical (unpaired) electrons. The van der Waals surface area contributed by atoms with Crippen LogP contribution in [-0.2, 0) is 10.0 Å². The Morgan fingerprint density at radius 2 is 1.62 bits per heavy atom. The van der Waals surface area contributed by atoms with Gasteiger partial charge in [0.05, 0.1) is 26.6 Å². The van der Waals surface area contributed by atoms with Gasteiger partial charge in [-0.15, -0.1) is 0 Å². The van der Waals surface area contributed by atoms with Crippen LogP contribution in [-0.4, -0.2) is 60.5 Å². The van der Waals surface area contributed by atoms with Gasteiger partial charge in [-0.1, -0.05) is 12.8 Å². The zero-order valence-corrected chi connectivity index (χ0v) is 17.1. The predicted molar refractivity (Wildman–Crippen MR) is 102 cm³/mol. The first-order valence-corrected chi connectivity index (χ1v) is 10.3. The molecule has 0 heterocycles. The molecule has 0 amide bonds. The highest BCUT2D eigenvalue weighted by Gasteiger charge is 2.30. The molecule has 1 aliphatic carbocycles. The Kier molecular flexibility index (Phi) is 7.14. The second-order valence-electron chi connectivity index (χ2n) is 6.74. The largest absolute Gasteiger partial charge is 0.493 e. The third kappa shape index (κ3) is 4.61. The first-order chi connectivity index (χ1) is 12.3. The molecule has 1 fully saturated rings. The van der Waals surface area contributed by atoms with Crippen molar-refractivity contribution in [1.29, 1.82) is 0 Å². The normalized spacial score (nSPS) is 16.7. The highest BCUT2D eigenvalue weighted by atomic mass is 32.2. The maximum absolute atomic E-state index is 12.5. The molecule has 1 N–H and O–H groups in total. The molecule has 0 aromatic heterocycles. The van der Waals surface area contributed by atoms with E-state index < -0.39 is 10.0 Å². The molecule has 1 aromatic rings. The summed E-state index contributed by atoms with van der Waals surface area (Å²) >= 11 is 0. The highest BCUT2D eigenvalue weighted by Crippen LogP contribution is 2.40. The van der Waals surface area contributed by atoms with Crippen LogP contribution in [0.4, 0.5) is 0 Å². The summed E-state index contributed by atoms with van der Waals surface area (Å²) < 4.78 is 44.1. The zero-order valence-electron chi connectivity index (χ0n) is 16.2. The van der Waals surface area contributed by atoms with E-state index in [0.717, 1.165) is 31.2 Å². The average molecular weight is 387 g/mol. The fourth-order valence-electron chi connectivity index (χ4n) is 3.40. The van der Waals surface area contributed by atoms with Crippen LogP contribution in [0.25, 0.3) is 0 Å². The predicted octanol–water partition coefficient (Wildman–Crippen LogP) is 2.18. The highest BCUT2D eigenvalue weighted by molar-refractivity contribution is 7.90. The zero-order chi connectivity index (χ0) is 19.3. The molecular weight excluding hydrogens is 356 g/mol. The van der Waals surface area contributed by atoms with Crippen LogP contribution in [0.15, 0.2) is 12.1 Å². The first-order valence-electron chi connectivity index (χ1n) is 8.78. The standard InChI is InChI=1S/C18H30N2O5S/c1-20(2)15(12-19-26(21,22)14-8-6-7-9-14)13-10-16(23-3)18(25-5)17(11-13)24-4/h10-11,14-15,19H,6-9,12H2,1-5H3. The van der Waals surface area contributed by atoms with Gasteiger partial charge in [0.25, 0.3) is 0 Å². The summed E-state index contributed by atoms with van der Waals surface area (Å²) in [5, 5.41) is -0.273. The van der Waals surface area contributed by atoms with E-state index in [1.54, 1.807) is 21.3 Å². The van der Waals surface area contributed by atoms with Crippen molar-refractivity contribution in [1.82, 2.24) is 9.62 Å². The number of ether oxygens (including phenoxy) is 3. The van der Waals surface area contributed by atoms with Gasteiger partial charge >= 0.3 is 0 Å². The maximum atomic E-state index is 12.5. The van der Waals surface area contributed by atoms with Gasteiger partial charge in [0.1, 0.15) is 0 Å². The number of methoxy groups -OCH3 is 3. The lowest BCUT2D eigenvalue weighted by Gasteiger charge is -2.27. The Morgan fingerprint density at radius 3 is 2.04 bits per heavy atom. The molecule has 0 aliphatic heterocycles. The van der Waals surface area contributed by atoms with E-state index in [1.807, 2.05) is 31.1 Å². The molecule has 26 heavy (non-hydrogen) atoms. The summed E-state index contributed by atoms with van der Waals surface area (Å²) in [6, 6.07) is 3.55. The van der Waals surface area contributed by atoms with Gasteiger partial charge in [0.15, 0.2) is 11.5 Å². The van der Waals surface area contributed by atoms with Crippen LogP contribution < -0.4 is 18.9 Å². The molecule has 1 unspecified atom stereocenters. The van der Waals surface area contributed by atoms with E-state index in [0.29, 0.717) is 17.2 Å². The quantitative estimate of drug-likeness (QED) is 0.701. The van der Waals surface area contributed by atoms with Crippen LogP contribution in [0.2, 0.25) is 0 Å². The van der Waals surface area contributed by atoms with E-state index in [-0.39, 0.29) is 17.8 Å². The summed E-state index contributed by atoms with van der Waals surface area (Å²) in [5.74, 6) is 1.61. The molecule has 0 saturated heterocycles.